The number of fused-ring (bicyclic) bond motifs is 2. The van der Waals surface area contributed by atoms with Crippen molar-refractivity contribution in [2.45, 2.75) is 44.4 Å². The number of allylic oxidation sites excluding steroid dienone is 1. The summed E-state index contributed by atoms with van der Waals surface area (Å²) in [6.45, 7) is 3.23. The first-order valence-electron chi connectivity index (χ1n) is 10.1. The molecule has 1 aromatic carbocycles. The Morgan fingerprint density at radius 2 is 2.07 bits per heavy atom. The van der Waals surface area contributed by atoms with Gasteiger partial charge >= 0.3 is 0 Å². The van der Waals surface area contributed by atoms with Crippen LogP contribution < -0.4 is 10.5 Å². The Hall–Kier alpha value is -3.27. The van der Waals surface area contributed by atoms with Gasteiger partial charge < -0.3 is 15.4 Å². The van der Waals surface area contributed by atoms with Crippen LogP contribution in [0.25, 0.3) is 0 Å². The minimum absolute atomic E-state index is 0.0154. The molecule has 0 saturated carbocycles. The van der Waals surface area contributed by atoms with E-state index in [2.05, 4.69) is 23.2 Å². The zero-order valence-electron chi connectivity index (χ0n) is 16.6. The lowest BCUT2D eigenvalue weighted by atomic mass is 9.66. The Kier molecular flexibility index (Phi) is 5.01. The average Bonchev–Trinajstić information content (AvgIpc) is 3.16. The van der Waals surface area contributed by atoms with Gasteiger partial charge in [-0.2, -0.15) is 5.26 Å². The van der Waals surface area contributed by atoms with E-state index in [1.54, 1.807) is 0 Å². The number of carbonyl (C=O) groups excluding carboxylic acids is 1. The van der Waals surface area contributed by atoms with Gasteiger partial charge in [-0.15, -0.1) is 5.10 Å². The first kappa shape index (κ1) is 19.1. The number of aryl methyl sites for hydroxylation is 1. The van der Waals surface area contributed by atoms with Crippen LogP contribution in [-0.4, -0.2) is 34.1 Å². The van der Waals surface area contributed by atoms with Crippen molar-refractivity contribution in [2.75, 3.05) is 13.1 Å². The summed E-state index contributed by atoms with van der Waals surface area (Å²) < 4.78 is 5.68. The highest BCUT2D eigenvalue weighted by Gasteiger charge is 2.49. The molecule has 29 heavy (non-hydrogen) atoms. The summed E-state index contributed by atoms with van der Waals surface area (Å²) in [6.07, 6.45) is 4.15. The lowest BCUT2D eigenvalue weighted by Gasteiger charge is -2.43. The van der Waals surface area contributed by atoms with Crippen LogP contribution in [0.15, 0.2) is 41.8 Å². The number of nitrogens with zero attached hydrogens (tertiary/aromatic N) is 3. The van der Waals surface area contributed by atoms with Crippen LogP contribution in [0.3, 0.4) is 0 Å². The number of benzene rings is 1. The zero-order chi connectivity index (χ0) is 20.4. The number of nitriles is 1. The molecule has 1 fully saturated rings. The number of hydrogen-bond donors (Lipinski definition) is 2. The van der Waals surface area contributed by atoms with Gasteiger partial charge in [-0.3, -0.25) is 9.89 Å². The Morgan fingerprint density at radius 3 is 2.72 bits per heavy atom. The number of nitrogens with two attached hydrogens (primary N) is 1. The van der Waals surface area contributed by atoms with Crippen molar-refractivity contribution >= 4 is 5.91 Å². The van der Waals surface area contributed by atoms with Gasteiger partial charge in [0.05, 0.1) is 0 Å². The molecular weight excluding hydrogens is 366 g/mol. The highest BCUT2D eigenvalue weighted by Crippen LogP contribution is 2.50. The van der Waals surface area contributed by atoms with Crippen molar-refractivity contribution < 1.29 is 9.53 Å². The van der Waals surface area contributed by atoms with Crippen molar-refractivity contribution in [3.05, 3.63) is 58.6 Å². The van der Waals surface area contributed by atoms with E-state index in [1.807, 2.05) is 35.2 Å². The number of hydrogen-bond acceptors (Lipinski definition) is 5. The van der Waals surface area contributed by atoms with Crippen LogP contribution in [0.1, 0.15) is 54.2 Å². The van der Waals surface area contributed by atoms with Gasteiger partial charge in [0.2, 0.25) is 11.8 Å². The number of rotatable bonds is 4. The fourth-order valence-corrected chi connectivity index (χ4v) is 4.49. The Labute approximate surface area is 170 Å². The van der Waals surface area contributed by atoms with Gasteiger partial charge in [-0.25, -0.2) is 0 Å². The lowest BCUT2D eigenvalue weighted by Crippen LogP contribution is -2.48. The molecule has 2 aliphatic rings. The highest BCUT2D eigenvalue weighted by molar-refractivity contribution is 5.94. The number of amides is 1. The fraction of sp³-hybridized carbons (Fsp3) is 0.409. The molecule has 0 bridgehead atoms. The normalized spacial score (nSPS) is 17.6. The number of carbonyl (C=O) groups is 1. The van der Waals surface area contributed by atoms with Crippen LogP contribution in [0, 0.1) is 11.3 Å². The van der Waals surface area contributed by atoms with E-state index in [9.17, 15) is 10.1 Å². The second kappa shape index (κ2) is 7.63. The van der Waals surface area contributed by atoms with Gasteiger partial charge in [0.15, 0.2) is 0 Å². The molecular formula is C22H25N5O2. The van der Waals surface area contributed by atoms with Crippen molar-refractivity contribution in [1.82, 2.24) is 15.1 Å². The van der Waals surface area contributed by atoms with E-state index in [-0.39, 0.29) is 11.8 Å². The maximum Gasteiger partial charge on any atom is 0.253 e. The second-order valence-electron chi connectivity index (χ2n) is 7.68. The monoisotopic (exact) mass is 391 g/mol. The summed E-state index contributed by atoms with van der Waals surface area (Å²) in [5.41, 5.74) is 8.63. The van der Waals surface area contributed by atoms with Crippen LogP contribution in [0.4, 0.5) is 0 Å². The predicted molar refractivity (Wildman–Crippen MR) is 108 cm³/mol. The molecule has 3 heterocycles. The number of H-pyrrole nitrogens is 1. The van der Waals surface area contributed by atoms with Crippen molar-refractivity contribution in [2.24, 2.45) is 5.73 Å². The van der Waals surface area contributed by atoms with Crippen LogP contribution >= 0.6 is 0 Å². The third-order valence-corrected chi connectivity index (χ3v) is 6.04. The summed E-state index contributed by atoms with van der Waals surface area (Å²) >= 11 is 0. The smallest absolute Gasteiger partial charge is 0.253 e. The predicted octanol–water partition coefficient (Wildman–Crippen LogP) is 3.01. The number of likely N-dealkylation sites (tertiary alicyclic amines) is 1. The van der Waals surface area contributed by atoms with Crippen molar-refractivity contribution in [1.29, 1.82) is 5.26 Å². The number of aromatic nitrogens is 2. The Morgan fingerprint density at radius 1 is 1.34 bits per heavy atom. The SMILES string of the molecule is CCCCc1[nH]nc2c1C1(CCN(C(=O)c3ccccc3)CC1)C(C#N)=C(N)O2. The average molecular weight is 391 g/mol. The molecule has 1 amide bonds. The molecule has 0 radical (unpaired) electrons. The Balaban J connectivity index is 1.66. The lowest BCUT2D eigenvalue weighted by molar-refractivity contribution is 0.0680. The molecule has 1 saturated heterocycles. The third-order valence-electron chi connectivity index (χ3n) is 6.04. The highest BCUT2D eigenvalue weighted by atomic mass is 16.5. The summed E-state index contributed by atoms with van der Waals surface area (Å²) in [7, 11) is 0. The first-order valence-corrected chi connectivity index (χ1v) is 10.1. The third kappa shape index (κ3) is 3.15. The van der Waals surface area contributed by atoms with Gasteiger partial charge in [0.1, 0.15) is 11.6 Å². The van der Waals surface area contributed by atoms with Crippen LogP contribution in [0.2, 0.25) is 0 Å². The van der Waals surface area contributed by atoms with E-state index >= 15 is 0 Å². The molecule has 150 valence electrons. The molecule has 0 atom stereocenters. The van der Waals surface area contributed by atoms with Gasteiger partial charge in [-0.05, 0) is 37.8 Å². The number of unbranched alkanes of at least 4 members (excludes halogenated alkanes) is 1. The molecule has 4 rings (SSSR count). The van der Waals surface area contributed by atoms with Gasteiger partial charge in [0, 0.05) is 35.3 Å². The molecule has 0 unspecified atom stereocenters. The topological polar surface area (TPSA) is 108 Å². The fourth-order valence-electron chi connectivity index (χ4n) is 4.49. The minimum Gasteiger partial charge on any atom is -0.420 e. The zero-order valence-corrected chi connectivity index (χ0v) is 16.6. The summed E-state index contributed by atoms with van der Waals surface area (Å²) in [6, 6.07) is 11.6. The molecule has 2 aromatic rings. The summed E-state index contributed by atoms with van der Waals surface area (Å²) in [5.74, 6) is 0.605. The van der Waals surface area contributed by atoms with Crippen LogP contribution in [0.5, 0.6) is 5.88 Å². The number of aromatic amines is 1. The number of nitrogens with one attached hydrogen (secondary N) is 1. The van der Waals surface area contributed by atoms with E-state index in [0.717, 1.165) is 30.5 Å². The molecule has 0 aliphatic carbocycles. The molecule has 1 aromatic heterocycles. The minimum atomic E-state index is -0.560. The van der Waals surface area contributed by atoms with Gasteiger partial charge in [0.25, 0.3) is 5.91 Å². The maximum absolute atomic E-state index is 12.9. The quantitative estimate of drug-likeness (QED) is 0.833. The number of ether oxygens (including phenoxy) is 1. The molecule has 1 spiro atoms. The maximum atomic E-state index is 12.9. The van der Waals surface area contributed by atoms with Crippen molar-refractivity contribution in [3.63, 3.8) is 0 Å². The van der Waals surface area contributed by atoms with E-state index in [0.29, 0.717) is 42.9 Å². The molecule has 7 nitrogen and oxygen atoms in total. The van der Waals surface area contributed by atoms with Crippen molar-refractivity contribution in [3.8, 4) is 11.9 Å². The Bertz CT molecular complexity index is 978. The second-order valence-corrected chi connectivity index (χ2v) is 7.68. The van der Waals surface area contributed by atoms with E-state index in [4.69, 9.17) is 10.5 Å². The molecule has 2 aliphatic heterocycles. The van der Waals surface area contributed by atoms with E-state index in [1.165, 1.54) is 0 Å². The van der Waals surface area contributed by atoms with Gasteiger partial charge in [-0.1, -0.05) is 31.5 Å². The number of piperidine rings is 1. The summed E-state index contributed by atoms with van der Waals surface area (Å²) in [4.78, 5) is 14.7. The first-order chi connectivity index (χ1) is 14.1. The standard InChI is InChI=1S/C22H25N5O2/c1-2-3-9-17-18-20(26-25-17)29-19(24)16(14-23)22(18)10-12-27(13-11-22)21(28)15-7-5-4-6-8-15/h4-8H,2-3,9-13,24H2,1H3,(H,25,26). The summed E-state index contributed by atoms with van der Waals surface area (Å²) in [5, 5.41) is 17.3. The van der Waals surface area contributed by atoms with Crippen LogP contribution in [-0.2, 0) is 11.8 Å². The largest absolute Gasteiger partial charge is 0.420 e. The molecule has 7 heteroatoms. The van der Waals surface area contributed by atoms with E-state index < -0.39 is 5.41 Å². The molecule has 3 N–H and O–H groups in total.